The number of benzene rings is 2. The summed E-state index contributed by atoms with van der Waals surface area (Å²) in [7, 11) is 0. The average molecular weight is 303 g/mol. The molecule has 2 aromatic carbocycles. The maximum absolute atomic E-state index is 13.4. The lowest BCUT2D eigenvalue weighted by molar-refractivity contribution is -0.120. The van der Waals surface area contributed by atoms with E-state index in [0.29, 0.717) is 30.0 Å². The Balaban J connectivity index is 1.73. The van der Waals surface area contributed by atoms with Crippen LogP contribution in [0.5, 0.6) is 5.75 Å². The molecule has 1 heterocycles. The highest BCUT2D eigenvalue weighted by Crippen LogP contribution is 2.30. The molecule has 0 aromatic heterocycles. The van der Waals surface area contributed by atoms with E-state index in [1.165, 1.54) is 4.90 Å². The summed E-state index contributed by atoms with van der Waals surface area (Å²) in [4.78, 5) is 13.7. The number of anilines is 1. The topological polar surface area (TPSA) is 29.5 Å². The number of hydrogen-bond donors (Lipinski definition) is 0. The van der Waals surface area contributed by atoms with Gasteiger partial charge in [0, 0.05) is 12.6 Å². The minimum Gasteiger partial charge on any atom is -0.483 e. The standard InChI is InChI=1S/C17H15F2NO2/c1-11-4-2-3-5-16(11)22-10-17(21)20-7-6-12-8-13(18)14(19)9-15(12)20/h2-5,8-9H,6-7,10H2,1H3. The van der Waals surface area contributed by atoms with Crippen LogP contribution in [0.2, 0.25) is 0 Å². The van der Waals surface area contributed by atoms with Crippen LogP contribution in [-0.2, 0) is 11.2 Å². The zero-order valence-electron chi connectivity index (χ0n) is 12.1. The van der Waals surface area contributed by atoms with Gasteiger partial charge in [0.1, 0.15) is 5.75 Å². The summed E-state index contributed by atoms with van der Waals surface area (Å²) in [6, 6.07) is 9.62. The number of hydrogen-bond acceptors (Lipinski definition) is 2. The molecule has 0 fully saturated rings. The molecule has 3 rings (SSSR count). The predicted octanol–water partition coefficient (Wildman–Crippen LogP) is 3.24. The molecule has 114 valence electrons. The van der Waals surface area contributed by atoms with Crippen molar-refractivity contribution in [3.63, 3.8) is 0 Å². The molecule has 1 aliphatic heterocycles. The molecule has 0 aliphatic carbocycles. The van der Waals surface area contributed by atoms with Crippen molar-refractivity contribution in [2.45, 2.75) is 13.3 Å². The lowest BCUT2D eigenvalue weighted by Crippen LogP contribution is -2.33. The highest BCUT2D eigenvalue weighted by Gasteiger charge is 2.26. The van der Waals surface area contributed by atoms with Crippen molar-refractivity contribution in [2.24, 2.45) is 0 Å². The van der Waals surface area contributed by atoms with E-state index in [9.17, 15) is 13.6 Å². The van der Waals surface area contributed by atoms with Crippen LogP contribution in [0.3, 0.4) is 0 Å². The minimum atomic E-state index is -0.946. The smallest absolute Gasteiger partial charge is 0.264 e. The van der Waals surface area contributed by atoms with Gasteiger partial charge >= 0.3 is 0 Å². The van der Waals surface area contributed by atoms with E-state index >= 15 is 0 Å². The molecule has 3 nitrogen and oxygen atoms in total. The summed E-state index contributed by atoms with van der Waals surface area (Å²) in [6.45, 7) is 2.17. The first-order chi connectivity index (χ1) is 10.6. The second-order valence-corrected chi connectivity index (χ2v) is 5.24. The lowest BCUT2D eigenvalue weighted by atomic mass is 10.1. The van der Waals surface area contributed by atoms with Crippen LogP contribution in [0.4, 0.5) is 14.5 Å². The number of halogens is 2. The molecular formula is C17H15F2NO2. The van der Waals surface area contributed by atoms with Crippen molar-refractivity contribution < 1.29 is 18.3 Å². The third kappa shape index (κ3) is 2.66. The number of carbonyl (C=O) groups is 1. The predicted molar refractivity (Wildman–Crippen MR) is 79.1 cm³/mol. The summed E-state index contributed by atoms with van der Waals surface area (Å²) in [5, 5.41) is 0. The van der Waals surface area contributed by atoms with Gasteiger partial charge in [0.15, 0.2) is 18.2 Å². The molecule has 2 aromatic rings. The van der Waals surface area contributed by atoms with Gasteiger partial charge in [-0.25, -0.2) is 8.78 Å². The van der Waals surface area contributed by atoms with E-state index in [0.717, 1.165) is 17.7 Å². The van der Waals surface area contributed by atoms with Crippen LogP contribution >= 0.6 is 0 Å². The van der Waals surface area contributed by atoms with E-state index < -0.39 is 11.6 Å². The zero-order valence-corrected chi connectivity index (χ0v) is 12.1. The Bertz CT molecular complexity index is 731. The zero-order chi connectivity index (χ0) is 15.7. The Hall–Kier alpha value is -2.43. The fourth-order valence-corrected chi connectivity index (χ4v) is 2.58. The number of rotatable bonds is 3. The minimum absolute atomic E-state index is 0.136. The Morgan fingerprint density at radius 2 is 1.95 bits per heavy atom. The molecule has 0 bridgehead atoms. The number of carbonyl (C=O) groups excluding carboxylic acids is 1. The van der Waals surface area contributed by atoms with Crippen molar-refractivity contribution >= 4 is 11.6 Å². The average Bonchev–Trinajstić information content (AvgIpc) is 2.89. The largest absolute Gasteiger partial charge is 0.483 e. The summed E-state index contributed by atoms with van der Waals surface area (Å²) < 4.78 is 32.1. The highest BCUT2D eigenvalue weighted by molar-refractivity contribution is 5.96. The summed E-state index contributed by atoms with van der Waals surface area (Å²) in [5.41, 5.74) is 2.01. The lowest BCUT2D eigenvalue weighted by Gasteiger charge is -2.18. The van der Waals surface area contributed by atoms with Crippen molar-refractivity contribution in [3.05, 3.63) is 59.2 Å². The van der Waals surface area contributed by atoms with Crippen LogP contribution in [-0.4, -0.2) is 19.1 Å². The molecule has 0 unspecified atom stereocenters. The normalized spacial score (nSPS) is 13.1. The summed E-state index contributed by atoms with van der Waals surface area (Å²) in [6.07, 6.45) is 0.517. The van der Waals surface area contributed by atoms with Crippen molar-refractivity contribution in [1.29, 1.82) is 0 Å². The van der Waals surface area contributed by atoms with Crippen molar-refractivity contribution in [1.82, 2.24) is 0 Å². The molecule has 1 aliphatic rings. The summed E-state index contributed by atoms with van der Waals surface area (Å²) in [5.74, 6) is -1.46. The fraction of sp³-hybridized carbons (Fsp3) is 0.235. The van der Waals surface area contributed by atoms with Gasteiger partial charge in [0.2, 0.25) is 0 Å². The molecule has 0 saturated heterocycles. The number of amides is 1. The van der Waals surface area contributed by atoms with Gasteiger partial charge in [-0.05, 0) is 36.6 Å². The molecular weight excluding hydrogens is 288 g/mol. The molecule has 1 amide bonds. The van der Waals surface area contributed by atoms with E-state index in [1.54, 1.807) is 6.07 Å². The third-order valence-electron chi connectivity index (χ3n) is 3.76. The Morgan fingerprint density at radius 3 is 2.73 bits per heavy atom. The van der Waals surface area contributed by atoms with Gasteiger partial charge in [0.05, 0.1) is 5.69 Å². The second-order valence-electron chi connectivity index (χ2n) is 5.24. The fourth-order valence-electron chi connectivity index (χ4n) is 2.58. The van der Waals surface area contributed by atoms with Gasteiger partial charge in [-0.3, -0.25) is 4.79 Å². The molecule has 0 saturated carbocycles. The number of ether oxygens (including phenoxy) is 1. The Labute approximate surface area is 127 Å². The molecule has 5 heteroatoms. The van der Waals surface area contributed by atoms with Gasteiger partial charge in [0.25, 0.3) is 5.91 Å². The first kappa shape index (κ1) is 14.5. The molecule has 0 atom stereocenters. The van der Waals surface area contributed by atoms with Gasteiger partial charge < -0.3 is 9.64 Å². The monoisotopic (exact) mass is 303 g/mol. The van der Waals surface area contributed by atoms with Gasteiger partial charge in [-0.1, -0.05) is 18.2 Å². The highest BCUT2D eigenvalue weighted by atomic mass is 19.2. The Morgan fingerprint density at radius 1 is 1.23 bits per heavy atom. The van der Waals surface area contributed by atoms with Crippen LogP contribution in [0.1, 0.15) is 11.1 Å². The maximum Gasteiger partial charge on any atom is 0.264 e. The first-order valence-electron chi connectivity index (χ1n) is 7.03. The van der Waals surface area contributed by atoms with Gasteiger partial charge in [-0.2, -0.15) is 0 Å². The van der Waals surface area contributed by atoms with E-state index in [1.807, 2.05) is 25.1 Å². The SMILES string of the molecule is Cc1ccccc1OCC(=O)N1CCc2cc(F)c(F)cc21. The number of para-hydroxylation sites is 1. The maximum atomic E-state index is 13.4. The van der Waals surface area contributed by atoms with Crippen LogP contribution in [0, 0.1) is 18.6 Å². The summed E-state index contributed by atoms with van der Waals surface area (Å²) >= 11 is 0. The van der Waals surface area contributed by atoms with Crippen LogP contribution in [0.25, 0.3) is 0 Å². The molecule has 0 N–H and O–H groups in total. The number of aryl methyl sites for hydroxylation is 1. The number of fused-ring (bicyclic) bond motifs is 1. The quantitative estimate of drug-likeness (QED) is 0.871. The van der Waals surface area contributed by atoms with Gasteiger partial charge in [-0.15, -0.1) is 0 Å². The molecule has 0 spiro atoms. The van der Waals surface area contributed by atoms with Crippen molar-refractivity contribution in [2.75, 3.05) is 18.1 Å². The third-order valence-corrected chi connectivity index (χ3v) is 3.76. The van der Waals surface area contributed by atoms with Crippen LogP contribution < -0.4 is 9.64 Å². The Kier molecular flexibility index (Phi) is 3.79. The second kappa shape index (κ2) is 5.75. The van der Waals surface area contributed by atoms with E-state index in [4.69, 9.17) is 4.74 Å². The van der Waals surface area contributed by atoms with E-state index in [-0.39, 0.29) is 12.5 Å². The molecule has 22 heavy (non-hydrogen) atoms. The van der Waals surface area contributed by atoms with Crippen LogP contribution in [0.15, 0.2) is 36.4 Å². The molecule has 0 radical (unpaired) electrons. The van der Waals surface area contributed by atoms with E-state index in [2.05, 4.69) is 0 Å². The number of nitrogens with zero attached hydrogens (tertiary/aromatic N) is 1. The first-order valence-corrected chi connectivity index (χ1v) is 7.03. The van der Waals surface area contributed by atoms with Crippen molar-refractivity contribution in [3.8, 4) is 5.75 Å².